The number of nitrogens with one attached hydrogen (secondary N) is 4. The minimum absolute atomic E-state index is 0.232. The first-order valence-corrected chi connectivity index (χ1v) is 18.4. The van der Waals surface area contributed by atoms with Gasteiger partial charge < -0.3 is 18.8 Å². The van der Waals surface area contributed by atoms with Gasteiger partial charge in [-0.1, -0.05) is 20.8 Å². The van der Waals surface area contributed by atoms with E-state index in [1.165, 1.54) is 0 Å². The molecule has 0 atom stereocenters. The minimum Gasteiger partial charge on any atom is -0.443 e. The molecule has 0 saturated carbocycles. The van der Waals surface area contributed by atoms with Gasteiger partial charge in [0.05, 0.1) is 9.82 Å². The highest BCUT2D eigenvalue weighted by Crippen LogP contribution is 2.36. The van der Waals surface area contributed by atoms with Gasteiger partial charge in [-0.25, -0.2) is 28.9 Å². The Labute approximate surface area is 263 Å². The fraction of sp³-hybridized carbons (Fsp3) is 0.704. The van der Waals surface area contributed by atoms with Gasteiger partial charge in [-0.05, 0) is 78.9 Å². The third kappa shape index (κ3) is 18.1. The van der Waals surface area contributed by atoms with E-state index in [-0.39, 0.29) is 15.6 Å². The number of amides is 2. The molecule has 1 aromatic carbocycles. The van der Waals surface area contributed by atoms with E-state index < -0.39 is 46.7 Å². The Morgan fingerprint density at radius 3 is 1.80 bits per heavy atom. The fourth-order valence-electron chi connectivity index (χ4n) is 2.69. The standard InChI is InChI=1S/C16H37N3O3Si.C11H15N3O6S/c1-15(2,3)22-14(20)18-17-10-11-19(7)12-13-21-23(8,9)16(4,5)6;1-11(2,3)20-10(15)12-13-21(18,19)9-6-4-8(5-7-9)14(16)17/h17H,10-13H2,1-9H3,(H,18,20);4-7,13H,1-3H3,(H,12,15). The summed E-state index contributed by atoms with van der Waals surface area (Å²) in [7, 11) is -3.66. The van der Waals surface area contributed by atoms with Crippen LogP contribution in [0.4, 0.5) is 15.3 Å². The molecule has 0 aliphatic heterocycles. The molecule has 0 saturated heterocycles. The smallest absolute Gasteiger partial charge is 0.423 e. The van der Waals surface area contributed by atoms with Crippen molar-refractivity contribution < 1.29 is 36.8 Å². The number of nitrogens with zero attached hydrogens (tertiary/aromatic N) is 2. The van der Waals surface area contributed by atoms with Crippen LogP contribution in [-0.2, 0) is 23.9 Å². The van der Waals surface area contributed by atoms with Crippen LogP contribution in [0.5, 0.6) is 0 Å². The lowest BCUT2D eigenvalue weighted by atomic mass is 10.2. The molecule has 0 aromatic heterocycles. The van der Waals surface area contributed by atoms with Crippen molar-refractivity contribution in [3.8, 4) is 0 Å². The topological polar surface area (TPSA) is 190 Å². The van der Waals surface area contributed by atoms with Crippen LogP contribution >= 0.6 is 0 Å². The molecule has 0 radical (unpaired) electrons. The van der Waals surface area contributed by atoms with Crippen molar-refractivity contribution in [3.05, 3.63) is 34.4 Å². The van der Waals surface area contributed by atoms with Crippen LogP contribution in [0.1, 0.15) is 62.3 Å². The number of benzene rings is 1. The number of carbonyl (C=O) groups is 2. The Hall–Kier alpha value is -2.83. The second-order valence-corrected chi connectivity index (χ2v) is 19.9. The molecule has 0 aliphatic rings. The third-order valence-corrected chi connectivity index (χ3v) is 11.8. The number of carbonyl (C=O) groups excluding carboxylic acids is 2. The van der Waals surface area contributed by atoms with E-state index in [1.807, 2.05) is 38.1 Å². The van der Waals surface area contributed by atoms with E-state index in [0.29, 0.717) is 6.54 Å². The molecule has 44 heavy (non-hydrogen) atoms. The van der Waals surface area contributed by atoms with Crippen molar-refractivity contribution in [2.45, 2.75) is 96.5 Å². The molecular weight excluding hydrogens is 612 g/mol. The highest BCUT2D eigenvalue weighted by atomic mass is 32.2. The van der Waals surface area contributed by atoms with Gasteiger partial charge in [0, 0.05) is 38.4 Å². The zero-order valence-corrected chi connectivity index (χ0v) is 29.9. The normalized spacial score (nSPS) is 12.6. The van der Waals surface area contributed by atoms with Gasteiger partial charge in [0.2, 0.25) is 0 Å². The highest BCUT2D eigenvalue weighted by Gasteiger charge is 2.36. The molecule has 0 bridgehead atoms. The lowest BCUT2D eigenvalue weighted by Crippen LogP contribution is -2.45. The Morgan fingerprint density at radius 1 is 0.886 bits per heavy atom. The summed E-state index contributed by atoms with van der Waals surface area (Å²) in [4.78, 5) is 36.4. The average Bonchev–Trinajstić information content (AvgIpc) is 2.83. The summed E-state index contributed by atoms with van der Waals surface area (Å²) < 4.78 is 39.8. The van der Waals surface area contributed by atoms with Crippen LogP contribution in [0.3, 0.4) is 0 Å². The van der Waals surface area contributed by atoms with Crippen LogP contribution in [0.2, 0.25) is 18.1 Å². The Kier molecular flexibility index (Phi) is 15.9. The number of hydrogen-bond acceptors (Lipinski definition) is 11. The molecular formula is C27H52N6O9SSi. The van der Waals surface area contributed by atoms with Gasteiger partial charge in [-0.15, -0.1) is 4.83 Å². The zero-order chi connectivity index (χ0) is 34.6. The van der Waals surface area contributed by atoms with Gasteiger partial charge in [-0.3, -0.25) is 15.5 Å². The lowest BCUT2D eigenvalue weighted by molar-refractivity contribution is -0.384. The Morgan fingerprint density at radius 2 is 1.36 bits per heavy atom. The molecule has 0 fully saturated rings. The first-order valence-electron chi connectivity index (χ1n) is 14.1. The van der Waals surface area contributed by atoms with Gasteiger partial charge in [-0.2, -0.15) is 0 Å². The minimum atomic E-state index is -4.04. The molecule has 254 valence electrons. The van der Waals surface area contributed by atoms with E-state index in [4.69, 9.17) is 13.9 Å². The summed E-state index contributed by atoms with van der Waals surface area (Å²) in [6.07, 6.45) is -1.42. The molecule has 1 aromatic rings. The predicted octanol–water partition coefficient (Wildman–Crippen LogP) is 4.28. The van der Waals surface area contributed by atoms with Gasteiger partial charge in [0.1, 0.15) is 11.2 Å². The van der Waals surface area contributed by atoms with E-state index in [2.05, 4.69) is 49.6 Å². The monoisotopic (exact) mass is 664 g/mol. The number of rotatable bonds is 12. The number of ether oxygens (including phenoxy) is 2. The predicted molar refractivity (Wildman–Crippen MR) is 171 cm³/mol. The lowest BCUT2D eigenvalue weighted by Gasteiger charge is -2.36. The van der Waals surface area contributed by atoms with Crippen LogP contribution in [0.25, 0.3) is 0 Å². The summed E-state index contributed by atoms with van der Waals surface area (Å²) in [6.45, 7) is 24.7. The number of nitro benzene ring substituents is 1. The number of hydrazine groups is 2. The van der Waals surface area contributed by atoms with E-state index >= 15 is 0 Å². The summed E-state index contributed by atoms with van der Waals surface area (Å²) in [6, 6.07) is 4.19. The Bertz CT molecular complexity index is 1180. The summed E-state index contributed by atoms with van der Waals surface area (Å²) in [5, 5.41) is 10.7. The van der Waals surface area contributed by atoms with E-state index in [0.717, 1.165) is 44.0 Å². The SMILES string of the molecule is CC(C)(C)OC(=O)NNS(=O)(=O)c1ccc([N+](=O)[O-])cc1.CN(CCNNC(=O)OC(C)(C)C)CCO[Si](C)(C)C(C)(C)C. The molecule has 15 nitrogen and oxygen atoms in total. The third-order valence-electron chi connectivity index (χ3n) is 5.99. The number of non-ortho nitro benzene ring substituents is 1. The maximum atomic E-state index is 11.8. The second kappa shape index (κ2) is 17.0. The first-order chi connectivity index (χ1) is 19.8. The van der Waals surface area contributed by atoms with E-state index in [9.17, 15) is 28.1 Å². The fourth-order valence-corrected chi connectivity index (χ4v) is 4.55. The maximum Gasteiger partial charge on any atom is 0.423 e. The van der Waals surface area contributed by atoms with E-state index in [1.54, 1.807) is 20.8 Å². The summed E-state index contributed by atoms with van der Waals surface area (Å²) >= 11 is 0. The van der Waals surface area contributed by atoms with Crippen molar-refractivity contribution in [1.29, 1.82) is 0 Å². The number of hydrogen-bond donors (Lipinski definition) is 4. The molecule has 0 heterocycles. The van der Waals surface area contributed by atoms with Gasteiger partial charge >= 0.3 is 12.2 Å². The van der Waals surface area contributed by atoms with Crippen LogP contribution in [0.15, 0.2) is 29.2 Å². The number of nitro groups is 1. The summed E-state index contributed by atoms with van der Waals surface area (Å²) in [5.74, 6) is 0. The van der Waals surface area contributed by atoms with Crippen molar-refractivity contribution in [3.63, 3.8) is 0 Å². The summed E-state index contributed by atoms with van der Waals surface area (Å²) in [5.41, 5.74) is 5.79. The van der Waals surface area contributed by atoms with Crippen LogP contribution in [0, 0.1) is 10.1 Å². The van der Waals surface area contributed by atoms with Crippen LogP contribution < -0.4 is 21.1 Å². The van der Waals surface area contributed by atoms with Crippen molar-refractivity contribution in [1.82, 2.24) is 26.0 Å². The van der Waals surface area contributed by atoms with Crippen molar-refractivity contribution >= 4 is 36.2 Å². The molecule has 0 spiro atoms. The quantitative estimate of drug-likeness (QED) is 0.108. The molecule has 17 heteroatoms. The Balaban J connectivity index is 0.000000843. The largest absolute Gasteiger partial charge is 0.443 e. The zero-order valence-electron chi connectivity index (χ0n) is 28.1. The molecule has 1 rings (SSSR count). The molecule has 0 unspecified atom stereocenters. The molecule has 4 N–H and O–H groups in total. The van der Waals surface area contributed by atoms with Crippen molar-refractivity contribution in [2.75, 3.05) is 33.3 Å². The molecule has 2 amide bonds. The van der Waals surface area contributed by atoms with Crippen LogP contribution in [-0.4, -0.2) is 83.2 Å². The average molecular weight is 665 g/mol. The number of sulfonamides is 1. The molecule has 0 aliphatic carbocycles. The van der Waals surface area contributed by atoms with Gasteiger partial charge in [0.15, 0.2) is 8.32 Å². The first kappa shape index (κ1) is 41.2. The highest BCUT2D eigenvalue weighted by molar-refractivity contribution is 7.89. The van der Waals surface area contributed by atoms with Gasteiger partial charge in [0.25, 0.3) is 15.7 Å². The second-order valence-electron chi connectivity index (χ2n) is 13.4. The maximum absolute atomic E-state index is 11.8. The van der Waals surface area contributed by atoms with Crippen molar-refractivity contribution in [2.24, 2.45) is 0 Å². The number of likely N-dealkylation sites (N-methyl/N-ethyl adjacent to an activating group) is 1.